The maximum absolute atomic E-state index is 10.7. The Morgan fingerprint density at radius 2 is 1.87 bits per heavy atom. The van der Waals surface area contributed by atoms with Gasteiger partial charge in [-0.1, -0.05) is 17.7 Å². The predicted octanol–water partition coefficient (Wildman–Crippen LogP) is 3.73. The van der Waals surface area contributed by atoms with Gasteiger partial charge in [0.15, 0.2) is 0 Å². The molecule has 5 heteroatoms. The molecule has 0 aliphatic carbocycles. The van der Waals surface area contributed by atoms with Crippen LogP contribution in [0.4, 0.5) is 5.69 Å². The van der Waals surface area contributed by atoms with Gasteiger partial charge in [0.1, 0.15) is 0 Å². The quantitative estimate of drug-likeness (QED) is 0.588. The Morgan fingerprint density at radius 1 is 1.13 bits per heavy atom. The third-order valence-electron chi connectivity index (χ3n) is 3.79. The van der Waals surface area contributed by atoms with Crippen LogP contribution in [0.3, 0.4) is 0 Å². The number of hydrogen-bond acceptors (Lipinski definition) is 4. The van der Waals surface area contributed by atoms with Gasteiger partial charge in [0.25, 0.3) is 5.69 Å². The van der Waals surface area contributed by atoms with Crippen LogP contribution in [-0.2, 0) is 6.42 Å². The molecule has 1 heterocycles. The van der Waals surface area contributed by atoms with E-state index >= 15 is 0 Å². The van der Waals surface area contributed by atoms with E-state index in [4.69, 9.17) is 0 Å². The maximum atomic E-state index is 10.7. The van der Waals surface area contributed by atoms with Crippen molar-refractivity contribution in [2.45, 2.75) is 19.4 Å². The van der Waals surface area contributed by atoms with Crippen LogP contribution in [0.15, 0.2) is 54.6 Å². The number of rotatable bonds is 4. The molecule has 1 aromatic heterocycles. The van der Waals surface area contributed by atoms with Gasteiger partial charge in [-0.05, 0) is 42.8 Å². The smallest absolute Gasteiger partial charge is 0.269 e. The summed E-state index contributed by atoms with van der Waals surface area (Å²) in [6.45, 7) is 2.03. The van der Waals surface area contributed by atoms with Crippen molar-refractivity contribution in [1.29, 1.82) is 0 Å². The van der Waals surface area contributed by atoms with Gasteiger partial charge >= 0.3 is 0 Å². The molecule has 0 bridgehead atoms. The Balaban J connectivity index is 1.80. The van der Waals surface area contributed by atoms with Gasteiger partial charge in [0, 0.05) is 29.6 Å². The molecule has 1 N–H and O–H groups in total. The summed E-state index contributed by atoms with van der Waals surface area (Å²) in [5, 5.41) is 22.0. The molecule has 0 fully saturated rings. The zero-order valence-electron chi connectivity index (χ0n) is 12.6. The van der Waals surface area contributed by atoms with Crippen LogP contribution in [0.1, 0.15) is 22.9 Å². The highest BCUT2D eigenvalue weighted by molar-refractivity contribution is 5.79. The van der Waals surface area contributed by atoms with Gasteiger partial charge in [0.05, 0.1) is 16.5 Å². The van der Waals surface area contributed by atoms with Crippen molar-refractivity contribution in [1.82, 2.24) is 4.98 Å². The second kappa shape index (κ2) is 6.14. The number of aromatic nitrogens is 1. The fourth-order valence-corrected chi connectivity index (χ4v) is 2.54. The third kappa shape index (κ3) is 3.35. The molecule has 0 spiro atoms. The fourth-order valence-electron chi connectivity index (χ4n) is 2.54. The SMILES string of the molecule is Cc1ccc2nc(CC(O)c3ccc([N+](=O)[O-])cc3)ccc2c1. The number of nitro benzene ring substituents is 1. The van der Waals surface area contributed by atoms with Gasteiger partial charge in [-0.2, -0.15) is 0 Å². The minimum atomic E-state index is -0.744. The molecule has 1 atom stereocenters. The largest absolute Gasteiger partial charge is 0.388 e. The van der Waals surface area contributed by atoms with E-state index in [1.807, 2.05) is 31.2 Å². The number of hydrogen-bond donors (Lipinski definition) is 1. The number of pyridine rings is 1. The number of nitrogens with zero attached hydrogens (tertiary/aromatic N) is 2. The first-order valence-electron chi connectivity index (χ1n) is 7.31. The number of nitro groups is 1. The molecular formula is C18H16N2O3. The van der Waals surface area contributed by atoms with Crippen molar-refractivity contribution in [3.8, 4) is 0 Å². The summed E-state index contributed by atoms with van der Waals surface area (Å²) in [5.74, 6) is 0. The molecule has 1 unspecified atom stereocenters. The first-order valence-corrected chi connectivity index (χ1v) is 7.31. The predicted molar refractivity (Wildman–Crippen MR) is 88.2 cm³/mol. The Kier molecular flexibility index (Phi) is 4.04. The van der Waals surface area contributed by atoms with Gasteiger partial charge in [-0.25, -0.2) is 0 Å². The number of aliphatic hydroxyl groups excluding tert-OH is 1. The van der Waals surface area contributed by atoms with Crippen LogP contribution < -0.4 is 0 Å². The molecule has 3 aromatic rings. The molecule has 2 aromatic carbocycles. The summed E-state index contributed by atoms with van der Waals surface area (Å²) in [4.78, 5) is 14.8. The molecule has 3 rings (SSSR count). The van der Waals surface area contributed by atoms with E-state index in [0.717, 1.165) is 16.6 Å². The molecule has 5 nitrogen and oxygen atoms in total. The molecule has 0 aliphatic heterocycles. The van der Waals surface area contributed by atoms with Gasteiger partial charge < -0.3 is 5.11 Å². The lowest BCUT2D eigenvalue weighted by Crippen LogP contribution is -2.03. The zero-order chi connectivity index (χ0) is 16.4. The highest BCUT2D eigenvalue weighted by Gasteiger charge is 2.12. The van der Waals surface area contributed by atoms with E-state index in [9.17, 15) is 15.2 Å². The number of aryl methyl sites for hydroxylation is 1. The van der Waals surface area contributed by atoms with Crippen LogP contribution in [0.2, 0.25) is 0 Å². The summed E-state index contributed by atoms with van der Waals surface area (Å²) < 4.78 is 0. The Hall–Kier alpha value is -2.79. The van der Waals surface area contributed by atoms with Gasteiger partial charge in [0.2, 0.25) is 0 Å². The van der Waals surface area contributed by atoms with E-state index in [-0.39, 0.29) is 5.69 Å². The van der Waals surface area contributed by atoms with Crippen LogP contribution in [0, 0.1) is 17.0 Å². The van der Waals surface area contributed by atoms with Gasteiger partial charge in [-0.15, -0.1) is 0 Å². The van der Waals surface area contributed by atoms with Crippen molar-refractivity contribution in [3.63, 3.8) is 0 Å². The second-order valence-corrected chi connectivity index (χ2v) is 5.57. The fraction of sp³-hybridized carbons (Fsp3) is 0.167. The van der Waals surface area contributed by atoms with Crippen molar-refractivity contribution in [3.05, 3.63) is 81.5 Å². The Morgan fingerprint density at radius 3 is 2.57 bits per heavy atom. The Bertz CT molecular complexity index is 860. The molecular weight excluding hydrogens is 292 g/mol. The first kappa shape index (κ1) is 15.1. The molecule has 0 saturated carbocycles. The van der Waals surface area contributed by atoms with Gasteiger partial charge in [-0.3, -0.25) is 15.1 Å². The molecule has 116 valence electrons. The summed E-state index contributed by atoms with van der Waals surface area (Å²) >= 11 is 0. The van der Waals surface area contributed by atoms with E-state index in [0.29, 0.717) is 12.0 Å². The molecule has 0 saturated heterocycles. The summed E-state index contributed by atoms with van der Waals surface area (Å²) in [6, 6.07) is 15.9. The van der Waals surface area contributed by atoms with Crippen molar-refractivity contribution >= 4 is 16.6 Å². The first-order chi connectivity index (χ1) is 11.0. The van der Waals surface area contributed by atoms with E-state index in [2.05, 4.69) is 11.1 Å². The van der Waals surface area contributed by atoms with Crippen LogP contribution in [0.5, 0.6) is 0 Å². The lowest BCUT2D eigenvalue weighted by molar-refractivity contribution is -0.384. The normalized spacial score (nSPS) is 12.3. The number of non-ortho nitro benzene ring substituents is 1. The van der Waals surface area contributed by atoms with E-state index < -0.39 is 11.0 Å². The molecule has 0 amide bonds. The summed E-state index contributed by atoms with van der Waals surface area (Å²) in [5.41, 5.74) is 3.51. The van der Waals surface area contributed by atoms with Crippen LogP contribution in [-0.4, -0.2) is 15.0 Å². The van der Waals surface area contributed by atoms with E-state index in [1.165, 1.54) is 17.7 Å². The zero-order valence-corrected chi connectivity index (χ0v) is 12.6. The lowest BCUT2D eigenvalue weighted by Gasteiger charge is -2.11. The monoisotopic (exact) mass is 308 g/mol. The number of benzene rings is 2. The lowest BCUT2D eigenvalue weighted by atomic mass is 10.0. The average Bonchev–Trinajstić information content (AvgIpc) is 2.55. The van der Waals surface area contributed by atoms with Crippen molar-refractivity contribution in [2.75, 3.05) is 0 Å². The second-order valence-electron chi connectivity index (χ2n) is 5.57. The molecule has 0 aliphatic rings. The van der Waals surface area contributed by atoms with E-state index in [1.54, 1.807) is 12.1 Å². The van der Waals surface area contributed by atoms with Crippen molar-refractivity contribution in [2.24, 2.45) is 0 Å². The maximum Gasteiger partial charge on any atom is 0.269 e. The minimum Gasteiger partial charge on any atom is -0.388 e. The van der Waals surface area contributed by atoms with Crippen molar-refractivity contribution < 1.29 is 10.0 Å². The van der Waals surface area contributed by atoms with Crippen LogP contribution >= 0.6 is 0 Å². The number of fused-ring (bicyclic) bond motifs is 1. The Labute approximate surface area is 133 Å². The summed E-state index contributed by atoms with van der Waals surface area (Å²) in [6.07, 6.45) is -0.382. The highest BCUT2D eigenvalue weighted by Crippen LogP contribution is 2.22. The third-order valence-corrected chi connectivity index (χ3v) is 3.79. The minimum absolute atomic E-state index is 0.0140. The molecule has 23 heavy (non-hydrogen) atoms. The standard InChI is InChI=1S/C18H16N2O3/c1-12-2-9-17-14(10-12)3-6-15(19-17)11-18(21)13-4-7-16(8-5-13)20(22)23/h2-10,18,21H,11H2,1H3. The van der Waals surface area contributed by atoms with Crippen LogP contribution in [0.25, 0.3) is 10.9 Å². The highest BCUT2D eigenvalue weighted by atomic mass is 16.6. The number of aliphatic hydroxyl groups is 1. The topological polar surface area (TPSA) is 76.3 Å². The average molecular weight is 308 g/mol. The molecule has 0 radical (unpaired) electrons. The summed E-state index contributed by atoms with van der Waals surface area (Å²) in [7, 11) is 0.